The molecule has 0 fully saturated rings. The molecule has 2 aromatic heterocycles. The van der Waals surface area contributed by atoms with Gasteiger partial charge in [0.05, 0.1) is 6.20 Å². The summed E-state index contributed by atoms with van der Waals surface area (Å²) in [5, 5.41) is 3.38. The number of nitrogens with zero attached hydrogens (tertiary/aromatic N) is 3. The smallest absolute Gasteiger partial charge is 0.180 e. The van der Waals surface area contributed by atoms with Gasteiger partial charge in [0.25, 0.3) is 0 Å². The quantitative estimate of drug-likeness (QED) is 0.544. The van der Waals surface area contributed by atoms with E-state index in [1.807, 2.05) is 22.4 Å². The average Bonchev–Trinajstić information content (AvgIpc) is 2.84. The normalized spacial score (nSPS) is 12.6. The standard InChI is InChI=1S/C11H18N6S/c1-8(3-6-18-2)14-10-11-13-4-5-17(11)7-9(15-10)16-12/h4-5,7-8,16H,3,6,12H2,1-2H3,(H,14,15). The molecule has 4 N–H and O–H groups in total. The first kappa shape index (κ1) is 13.0. The van der Waals surface area contributed by atoms with Gasteiger partial charge < -0.3 is 15.1 Å². The molecule has 18 heavy (non-hydrogen) atoms. The molecule has 2 aromatic rings. The summed E-state index contributed by atoms with van der Waals surface area (Å²) >= 11 is 1.84. The number of hydrogen-bond acceptors (Lipinski definition) is 6. The van der Waals surface area contributed by atoms with Gasteiger partial charge in [-0.3, -0.25) is 0 Å². The molecule has 2 heterocycles. The SMILES string of the molecule is CSCCC(C)Nc1nc(NN)cn2ccnc12. The largest absolute Gasteiger partial charge is 0.364 e. The molecule has 98 valence electrons. The van der Waals surface area contributed by atoms with Crippen molar-refractivity contribution in [3.05, 3.63) is 18.6 Å². The zero-order valence-electron chi connectivity index (χ0n) is 10.6. The third-order valence-corrected chi connectivity index (χ3v) is 3.30. The Morgan fingerprint density at radius 1 is 1.56 bits per heavy atom. The summed E-state index contributed by atoms with van der Waals surface area (Å²) < 4.78 is 1.89. The third-order valence-electron chi connectivity index (χ3n) is 2.66. The van der Waals surface area contributed by atoms with Crippen LogP contribution in [0, 0.1) is 0 Å². The molecule has 0 aliphatic rings. The van der Waals surface area contributed by atoms with Crippen molar-refractivity contribution < 1.29 is 0 Å². The van der Waals surface area contributed by atoms with Gasteiger partial charge in [0, 0.05) is 18.4 Å². The molecule has 0 saturated carbocycles. The summed E-state index contributed by atoms with van der Waals surface area (Å²) in [6, 6.07) is 0.346. The van der Waals surface area contributed by atoms with Crippen molar-refractivity contribution in [1.82, 2.24) is 14.4 Å². The van der Waals surface area contributed by atoms with Crippen molar-refractivity contribution in [1.29, 1.82) is 0 Å². The van der Waals surface area contributed by atoms with Gasteiger partial charge in [0.2, 0.25) is 0 Å². The Balaban J connectivity index is 2.22. The first-order valence-corrected chi connectivity index (χ1v) is 7.19. The minimum Gasteiger partial charge on any atom is -0.364 e. The molecule has 2 rings (SSSR count). The maximum absolute atomic E-state index is 5.41. The van der Waals surface area contributed by atoms with Gasteiger partial charge >= 0.3 is 0 Å². The van der Waals surface area contributed by atoms with E-state index in [4.69, 9.17) is 5.84 Å². The van der Waals surface area contributed by atoms with Gasteiger partial charge in [-0.05, 0) is 25.4 Å². The summed E-state index contributed by atoms with van der Waals surface area (Å²) in [6.45, 7) is 2.14. The molecular weight excluding hydrogens is 248 g/mol. The number of imidazole rings is 1. The minimum absolute atomic E-state index is 0.346. The van der Waals surface area contributed by atoms with Gasteiger partial charge in [-0.1, -0.05) is 0 Å². The fourth-order valence-electron chi connectivity index (χ4n) is 1.70. The summed E-state index contributed by atoms with van der Waals surface area (Å²) in [4.78, 5) is 8.69. The number of hydrogen-bond donors (Lipinski definition) is 3. The van der Waals surface area contributed by atoms with Crippen molar-refractivity contribution in [2.24, 2.45) is 5.84 Å². The van der Waals surface area contributed by atoms with Gasteiger partial charge in [-0.15, -0.1) is 0 Å². The van der Waals surface area contributed by atoms with Crippen LogP contribution in [0.15, 0.2) is 18.6 Å². The van der Waals surface area contributed by atoms with Crippen LogP contribution in [-0.2, 0) is 0 Å². The van der Waals surface area contributed by atoms with Crippen LogP contribution >= 0.6 is 11.8 Å². The van der Waals surface area contributed by atoms with Crippen LogP contribution in [0.25, 0.3) is 5.65 Å². The van der Waals surface area contributed by atoms with E-state index in [1.54, 1.807) is 12.4 Å². The van der Waals surface area contributed by atoms with E-state index in [1.165, 1.54) is 0 Å². The molecule has 0 aliphatic heterocycles. The minimum atomic E-state index is 0.346. The van der Waals surface area contributed by atoms with Gasteiger partial charge in [0.15, 0.2) is 17.3 Å². The molecule has 0 bridgehead atoms. The van der Waals surface area contributed by atoms with Crippen molar-refractivity contribution in [3.8, 4) is 0 Å². The predicted molar refractivity (Wildman–Crippen MR) is 76.9 cm³/mol. The Morgan fingerprint density at radius 2 is 2.39 bits per heavy atom. The predicted octanol–water partition coefficient (Wildman–Crippen LogP) is 1.57. The summed E-state index contributed by atoms with van der Waals surface area (Å²) in [7, 11) is 0. The van der Waals surface area contributed by atoms with Crippen LogP contribution in [0.2, 0.25) is 0 Å². The Hall–Kier alpha value is -1.47. The van der Waals surface area contributed by atoms with Crippen LogP contribution in [0.5, 0.6) is 0 Å². The lowest BCUT2D eigenvalue weighted by atomic mass is 10.2. The fraction of sp³-hybridized carbons (Fsp3) is 0.455. The zero-order chi connectivity index (χ0) is 13.0. The number of nitrogens with one attached hydrogen (secondary N) is 2. The van der Waals surface area contributed by atoms with Crippen molar-refractivity contribution >= 4 is 29.0 Å². The van der Waals surface area contributed by atoms with Crippen LogP contribution < -0.4 is 16.6 Å². The summed E-state index contributed by atoms with van der Waals surface area (Å²) in [6.07, 6.45) is 8.61. The van der Waals surface area contributed by atoms with Crippen molar-refractivity contribution in [2.45, 2.75) is 19.4 Å². The monoisotopic (exact) mass is 266 g/mol. The second-order valence-electron chi connectivity index (χ2n) is 4.10. The first-order chi connectivity index (χ1) is 8.74. The van der Waals surface area contributed by atoms with E-state index in [0.29, 0.717) is 11.9 Å². The number of rotatable bonds is 6. The van der Waals surface area contributed by atoms with E-state index in [0.717, 1.165) is 23.6 Å². The van der Waals surface area contributed by atoms with Gasteiger partial charge in [-0.2, -0.15) is 11.8 Å². The fourth-order valence-corrected chi connectivity index (χ4v) is 2.29. The highest BCUT2D eigenvalue weighted by Crippen LogP contribution is 2.17. The number of nitrogens with two attached hydrogens (primary N) is 1. The molecule has 0 radical (unpaired) electrons. The van der Waals surface area contributed by atoms with E-state index in [9.17, 15) is 0 Å². The van der Waals surface area contributed by atoms with Gasteiger partial charge in [-0.25, -0.2) is 15.8 Å². The average molecular weight is 266 g/mol. The number of hydrazine groups is 1. The number of aromatic nitrogens is 3. The Bertz CT molecular complexity index is 511. The second-order valence-corrected chi connectivity index (χ2v) is 5.09. The van der Waals surface area contributed by atoms with Crippen LogP contribution in [0.1, 0.15) is 13.3 Å². The number of anilines is 2. The Labute approximate surface area is 110 Å². The van der Waals surface area contributed by atoms with Gasteiger partial charge in [0.1, 0.15) is 0 Å². The molecule has 0 aromatic carbocycles. The molecule has 6 nitrogen and oxygen atoms in total. The lowest BCUT2D eigenvalue weighted by Crippen LogP contribution is -2.19. The van der Waals surface area contributed by atoms with Crippen LogP contribution in [0.4, 0.5) is 11.6 Å². The Morgan fingerprint density at radius 3 is 3.11 bits per heavy atom. The van der Waals surface area contributed by atoms with Crippen LogP contribution in [0.3, 0.4) is 0 Å². The summed E-state index contributed by atoms with van der Waals surface area (Å²) in [5.41, 5.74) is 3.37. The molecule has 0 amide bonds. The molecule has 0 aliphatic carbocycles. The zero-order valence-corrected chi connectivity index (χ0v) is 11.4. The molecule has 1 atom stereocenters. The Kier molecular flexibility index (Phi) is 4.27. The van der Waals surface area contributed by atoms with E-state index >= 15 is 0 Å². The summed E-state index contributed by atoms with van der Waals surface area (Å²) in [5.74, 6) is 7.90. The third kappa shape index (κ3) is 2.85. The molecule has 7 heteroatoms. The molecule has 0 saturated heterocycles. The second kappa shape index (κ2) is 5.92. The molecule has 1 unspecified atom stereocenters. The number of fused-ring (bicyclic) bond motifs is 1. The lowest BCUT2D eigenvalue weighted by molar-refractivity contribution is 0.767. The number of thioether (sulfide) groups is 1. The topological polar surface area (TPSA) is 80.3 Å². The van der Waals surface area contributed by atoms with Crippen LogP contribution in [-0.4, -0.2) is 32.4 Å². The highest BCUT2D eigenvalue weighted by atomic mass is 32.2. The van der Waals surface area contributed by atoms with E-state index in [2.05, 4.69) is 33.9 Å². The molecule has 0 spiro atoms. The van der Waals surface area contributed by atoms with E-state index in [-0.39, 0.29) is 0 Å². The highest BCUT2D eigenvalue weighted by Gasteiger charge is 2.09. The van der Waals surface area contributed by atoms with E-state index < -0.39 is 0 Å². The number of nitrogen functional groups attached to an aromatic ring is 1. The first-order valence-electron chi connectivity index (χ1n) is 5.80. The lowest BCUT2D eigenvalue weighted by Gasteiger charge is -2.15. The maximum atomic E-state index is 5.41. The highest BCUT2D eigenvalue weighted by molar-refractivity contribution is 7.98. The van der Waals surface area contributed by atoms with Crippen molar-refractivity contribution in [2.75, 3.05) is 22.8 Å². The van der Waals surface area contributed by atoms with Crippen molar-refractivity contribution in [3.63, 3.8) is 0 Å². The molecular formula is C11H18N6S. The maximum Gasteiger partial charge on any atom is 0.180 e.